The number of non-ortho nitro benzene ring substituents is 1. The second-order valence-electron chi connectivity index (χ2n) is 7.49. The van der Waals surface area contributed by atoms with Crippen LogP contribution in [-0.2, 0) is 15.1 Å². The first-order valence-corrected chi connectivity index (χ1v) is 8.05. The highest BCUT2D eigenvalue weighted by Crippen LogP contribution is 2.54. The Morgan fingerprint density at radius 2 is 2.17 bits per heavy atom. The molecule has 0 saturated carbocycles. The number of hydrogen-bond acceptors (Lipinski definition) is 5. The van der Waals surface area contributed by atoms with Crippen LogP contribution in [-0.4, -0.2) is 40.2 Å². The molecule has 0 aromatic heterocycles. The monoisotopic (exact) mass is 334 g/mol. The minimum atomic E-state index is -0.546. The number of nitrogens with zero attached hydrogens (tertiary/aromatic N) is 2. The summed E-state index contributed by atoms with van der Waals surface area (Å²) in [7, 11) is 0. The van der Waals surface area contributed by atoms with Crippen LogP contribution in [0.3, 0.4) is 0 Å². The fraction of sp³-hybridized carbons (Fsp3) is 0.588. The van der Waals surface area contributed by atoms with E-state index in [1.807, 2.05) is 33.8 Å². The third-order valence-electron chi connectivity index (χ3n) is 4.48. The van der Waals surface area contributed by atoms with E-state index in [4.69, 9.17) is 9.47 Å². The van der Waals surface area contributed by atoms with Gasteiger partial charge in [0.1, 0.15) is 17.3 Å². The fourth-order valence-electron chi connectivity index (χ4n) is 3.32. The number of ether oxygens (including phenoxy) is 2. The number of epoxide rings is 1. The first-order valence-electron chi connectivity index (χ1n) is 8.05. The van der Waals surface area contributed by atoms with Crippen LogP contribution in [0.5, 0.6) is 0 Å². The number of nitro benzene ring substituents is 1. The average Bonchev–Trinajstić information content (AvgIpc) is 3.19. The van der Waals surface area contributed by atoms with Gasteiger partial charge in [0, 0.05) is 24.6 Å². The summed E-state index contributed by atoms with van der Waals surface area (Å²) in [6, 6.07) is 6.49. The SMILES string of the molecule is C[C@@H]1C[C@@]2(c3cccc([N+](=O)[O-])c3)O[C@@H]2CN1C(=O)OC(C)(C)C. The zero-order valence-electron chi connectivity index (χ0n) is 14.3. The Hall–Kier alpha value is -2.15. The van der Waals surface area contributed by atoms with Crippen molar-refractivity contribution in [3.63, 3.8) is 0 Å². The highest BCUT2D eigenvalue weighted by atomic mass is 16.6. The molecule has 1 aromatic carbocycles. The summed E-state index contributed by atoms with van der Waals surface area (Å²) >= 11 is 0. The van der Waals surface area contributed by atoms with Crippen molar-refractivity contribution >= 4 is 11.8 Å². The van der Waals surface area contributed by atoms with Crippen molar-refractivity contribution in [2.75, 3.05) is 6.54 Å². The minimum absolute atomic E-state index is 0.0540. The maximum Gasteiger partial charge on any atom is 0.410 e. The van der Waals surface area contributed by atoms with Gasteiger partial charge in [-0.1, -0.05) is 12.1 Å². The maximum absolute atomic E-state index is 12.3. The van der Waals surface area contributed by atoms with Gasteiger partial charge in [0.05, 0.1) is 11.5 Å². The molecule has 130 valence electrons. The summed E-state index contributed by atoms with van der Waals surface area (Å²) in [5.41, 5.74) is -0.213. The van der Waals surface area contributed by atoms with Crippen molar-refractivity contribution in [2.24, 2.45) is 0 Å². The van der Waals surface area contributed by atoms with E-state index in [2.05, 4.69) is 0 Å². The van der Waals surface area contributed by atoms with Gasteiger partial charge in [0.2, 0.25) is 0 Å². The van der Waals surface area contributed by atoms with E-state index in [0.29, 0.717) is 13.0 Å². The van der Waals surface area contributed by atoms with Gasteiger partial charge in [-0.3, -0.25) is 10.1 Å². The zero-order valence-corrected chi connectivity index (χ0v) is 14.3. The van der Waals surface area contributed by atoms with Crippen LogP contribution in [0.25, 0.3) is 0 Å². The van der Waals surface area contributed by atoms with Crippen molar-refractivity contribution in [1.82, 2.24) is 4.90 Å². The Bertz CT molecular complexity index is 684. The first-order chi connectivity index (χ1) is 11.1. The van der Waals surface area contributed by atoms with Crippen molar-refractivity contribution in [2.45, 2.75) is 57.5 Å². The number of likely N-dealkylation sites (tertiary alicyclic amines) is 1. The largest absolute Gasteiger partial charge is 0.444 e. The predicted octanol–water partition coefficient (Wildman–Crippen LogP) is 3.22. The number of fused-ring (bicyclic) bond motifs is 1. The number of amides is 1. The van der Waals surface area contributed by atoms with E-state index in [9.17, 15) is 14.9 Å². The molecule has 2 aliphatic heterocycles. The van der Waals surface area contributed by atoms with Crippen LogP contribution in [0.1, 0.15) is 39.7 Å². The Labute approximate surface area is 140 Å². The molecule has 0 N–H and O–H groups in total. The number of benzene rings is 1. The molecule has 2 saturated heterocycles. The summed E-state index contributed by atoms with van der Waals surface area (Å²) in [5, 5.41) is 11.0. The van der Waals surface area contributed by atoms with Gasteiger partial charge in [-0.2, -0.15) is 0 Å². The third-order valence-corrected chi connectivity index (χ3v) is 4.48. The molecule has 7 nitrogen and oxygen atoms in total. The number of piperidine rings is 1. The predicted molar refractivity (Wildman–Crippen MR) is 86.7 cm³/mol. The number of rotatable bonds is 2. The summed E-state index contributed by atoms with van der Waals surface area (Å²) in [6.07, 6.45) is 0.0966. The Balaban J connectivity index is 1.77. The molecule has 0 spiro atoms. The zero-order chi connectivity index (χ0) is 17.7. The lowest BCUT2D eigenvalue weighted by Crippen LogP contribution is -2.49. The van der Waals surface area contributed by atoms with Crippen molar-refractivity contribution in [3.8, 4) is 0 Å². The normalized spacial score (nSPS) is 28.9. The molecule has 0 radical (unpaired) electrons. The Kier molecular flexibility index (Phi) is 3.79. The van der Waals surface area contributed by atoms with Gasteiger partial charge >= 0.3 is 6.09 Å². The molecule has 0 aliphatic carbocycles. The lowest BCUT2D eigenvalue weighted by atomic mass is 9.85. The van der Waals surface area contributed by atoms with Crippen LogP contribution < -0.4 is 0 Å². The summed E-state index contributed by atoms with van der Waals surface area (Å²) in [6.45, 7) is 7.88. The molecule has 1 aromatic rings. The summed E-state index contributed by atoms with van der Waals surface area (Å²) < 4.78 is 11.3. The van der Waals surface area contributed by atoms with Crippen LogP contribution in [0.4, 0.5) is 10.5 Å². The number of hydrogen-bond donors (Lipinski definition) is 0. The van der Waals surface area contributed by atoms with Gasteiger partial charge < -0.3 is 14.4 Å². The van der Waals surface area contributed by atoms with E-state index in [1.165, 1.54) is 6.07 Å². The third kappa shape index (κ3) is 2.96. The summed E-state index contributed by atoms with van der Waals surface area (Å²) in [5.74, 6) is 0. The second-order valence-corrected chi connectivity index (χ2v) is 7.49. The van der Waals surface area contributed by atoms with Crippen molar-refractivity contribution < 1.29 is 19.2 Å². The van der Waals surface area contributed by atoms with Crippen molar-refractivity contribution in [1.29, 1.82) is 0 Å². The van der Waals surface area contributed by atoms with Crippen LogP contribution >= 0.6 is 0 Å². The molecule has 3 rings (SSSR count). The molecular formula is C17H22N2O5. The first kappa shape index (κ1) is 16.7. The van der Waals surface area contributed by atoms with E-state index < -0.39 is 16.1 Å². The van der Waals surface area contributed by atoms with E-state index in [-0.39, 0.29) is 23.9 Å². The molecule has 2 aliphatic rings. The van der Waals surface area contributed by atoms with Gasteiger partial charge in [-0.05, 0) is 33.3 Å². The van der Waals surface area contributed by atoms with Crippen LogP contribution in [0, 0.1) is 10.1 Å². The van der Waals surface area contributed by atoms with Gasteiger partial charge in [-0.25, -0.2) is 4.79 Å². The quantitative estimate of drug-likeness (QED) is 0.471. The summed E-state index contributed by atoms with van der Waals surface area (Å²) in [4.78, 5) is 24.6. The number of carbonyl (C=O) groups is 1. The maximum atomic E-state index is 12.3. The average molecular weight is 334 g/mol. The molecule has 0 unspecified atom stereocenters. The Morgan fingerprint density at radius 3 is 2.79 bits per heavy atom. The van der Waals surface area contributed by atoms with Gasteiger partial charge in [0.25, 0.3) is 5.69 Å². The number of nitro groups is 1. The van der Waals surface area contributed by atoms with E-state index >= 15 is 0 Å². The second kappa shape index (κ2) is 5.44. The van der Waals surface area contributed by atoms with Crippen LogP contribution in [0.2, 0.25) is 0 Å². The van der Waals surface area contributed by atoms with Crippen LogP contribution in [0.15, 0.2) is 24.3 Å². The fourth-order valence-corrected chi connectivity index (χ4v) is 3.32. The number of carbonyl (C=O) groups excluding carboxylic acids is 1. The lowest BCUT2D eigenvalue weighted by molar-refractivity contribution is -0.385. The smallest absolute Gasteiger partial charge is 0.410 e. The van der Waals surface area contributed by atoms with Gasteiger partial charge in [0.15, 0.2) is 0 Å². The Morgan fingerprint density at radius 1 is 1.46 bits per heavy atom. The molecular weight excluding hydrogens is 312 g/mol. The molecule has 2 heterocycles. The lowest BCUT2D eigenvalue weighted by Gasteiger charge is -2.36. The van der Waals surface area contributed by atoms with Gasteiger partial charge in [-0.15, -0.1) is 0 Å². The molecule has 0 bridgehead atoms. The molecule has 2 fully saturated rings. The highest BCUT2D eigenvalue weighted by molar-refractivity contribution is 5.69. The van der Waals surface area contributed by atoms with Crippen molar-refractivity contribution in [3.05, 3.63) is 39.9 Å². The molecule has 24 heavy (non-hydrogen) atoms. The molecule has 7 heteroatoms. The highest BCUT2D eigenvalue weighted by Gasteiger charge is 2.62. The molecule has 3 atom stereocenters. The van der Waals surface area contributed by atoms with E-state index in [0.717, 1.165) is 5.56 Å². The minimum Gasteiger partial charge on any atom is -0.444 e. The standard InChI is InChI=1S/C17H22N2O5/c1-11-9-17(12-6-5-7-13(8-12)19(21)22)14(23-17)10-18(11)15(20)24-16(2,3)4/h5-8,11,14H,9-10H2,1-4H3/t11-,14-,17+/m1/s1. The molecule has 1 amide bonds. The van der Waals surface area contributed by atoms with E-state index in [1.54, 1.807) is 17.0 Å². The topological polar surface area (TPSA) is 85.2 Å².